The van der Waals surface area contributed by atoms with Crippen molar-refractivity contribution in [3.63, 3.8) is 0 Å². The van der Waals surface area contributed by atoms with E-state index in [1.807, 2.05) is 30.3 Å². The van der Waals surface area contributed by atoms with E-state index in [0.717, 1.165) is 10.8 Å². The first kappa shape index (κ1) is 19.1. The Kier molecular flexibility index (Phi) is 5.94. The van der Waals surface area contributed by atoms with Gasteiger partial charge < -0.3 is 10.2 Å². The Bertz CT molecular complexity index is 982. The SMILES string of the molecule is CCN(CC(=O)Nc1c(Cl)cccc1Cl)C(=O)c1nccc2ccccc12. The molecule has 0 aliphatic carbocycles. The molecular weight excluding hydrogens is 385 g/mol. The number of hydrogen-bond donors (Lipinski definition) is 1. The van der Waals surface area contributed by atoms with Gasteiger partial charge in [-0.2, -0.15) is 0 Å². The van der Waals surface area contributed by atoms with Crippen LogP contribution in [-0.2, 0) is 4.79 Å². The molecule has 2 amide bonds. The number of amides is 2. The lowest BCUT2D eigenvalue weighted by atomic mass is 10.1. The van der Waals surface area contributed by atoms with E-state index in [-0.39, 0.29) is 18.4 Å². The van der Waals surface area contributed by atoms with Gasteiger partial charge in [0.15, 0.2) is 0 Å². The van der Waals surface area contributed by atoms with Crippen LogP contribution >= 0.6 is 23.2 Å². The van der Waals surface area contributed by atoms with Gasteiger partial charge in [0.05, 0.1) is 15.7 Å². The minimum absolute atomic E-state index is 0.137. The fraction of sp³-hybridized carbons (Fsp3) is 0.150. The van der Waals surface area contributed by atoms with Crippen LogP contribution in [0.15, 0.2) is 54.7 Å². The molecule has 0 aliphatic rings. The molecule has 0 saturated heterocycles. The van der Waals surface area contributed by atoms with Crippen LogP contribution in [0.4, 0.5) is 5.69 Å². The number of para-hydroxylation sites is 1. The van der Waals surface area contributed by atoms with Gasteiger partial charge in [-0.15, -0.1) is 0 Å². The average molecular weight is 402 g/mol. The Morgan fingerprint density at radius 1 is 1.04 bits per heavy atom. The maximum Gasteiger partial charge on any atom is 0.273 e. The van der Waals surface area contributed by atoms with E-state index in [2.05, 4.69) is 10.3 Å². The summed E-state index contributed by atoms with van der Waals surface area (Å²) in [6.45, 7) is 2.02. The summed E-state index contributed by atoms with van der Waals surface area (Å²) in [5.74, 6) is -0.699. The van der Waals surface area contributed by atoms with Gasteiger partial charge in [0, 0.05) is 18.1 Å². The number of fused-ring (bicyclic) bond motifs is 1. The summed E-state index contributed by atoms with van der Waals surface area (Å²) in [5.41, 5.74) is 0.649. The molecule has 27 heavy (non-hydrogen) atoms. The predicted molar refractivity (Wildman–Crippen MR) is 108 cm³/mol. The zero-order valence-corrected chi connectivity index (χ0v) is 16.1. The monoisotopic (exact) mass is 401 g/mol. The molecule has 0 radical (unpaired) electrons. The maximum absolute atomic E-state index is 12.9. The fourth-order valence-corrected chi connectivity index (χ4v) is 3.23. The number of nitrogens with one attached hydrogen (secondary N) is 1. The Labute approximate surface area is 166 Å². The van der Waals surface area contributed by atoms with Gasteiger partial charge in [0.2, 0.25) is 5.91 Å². The molecule has 3 aromatic rings. The van der Waals surface area contributed by atoms with Crippen LogP contribution in [0.2, 0.25) is 10.0 Å². The third kappa shape index (κ3) is 4.21. The number of carbonyl (C=O) groups is 2. The first-order valence-corrected chi connectivity index (χ1v) is 9.13. The van der Waals surface area contributed by atoms with Crippen LogP contribution < -0.4 is 5.32 Å². The van der Waals surface area contributed by atoms with E-state index < -0.39 is 0 Å². The zero-order valence-electron chi connectivity index (χ0n) is 14.6. The average Bonchev–Trinajstić information content (AvgIpc) is 2.68. The highest BCUT2D eigenvalue weighted by Crippen LogP contribution is 2.29. The molecule has 1 N–H and O–H groups in total. The zero-order chi connectivity index (χ0) is 19.4. The summed E-state index contributed by atoms with van der Waals surface area (Å²) < 4.78 is 0. The molecule has 7 heteroatoms. The number of halogens is 2. The van der Waals surface area contributed by atoms with Crippen molar-refractivity contribution in [3.05, 3.63) is 70.5 Å². The van der Waals surface area contributed by atoms with Gasteiger partial charge in [0.1, 0.15) is 12.2 Å². The molecule has 0 atom stereocenters. The van der Waals surface area contributed by atoms with Crippen molar-refractivity contribution in [2.75, 3.05) is 18.4 Å². The van der Waals surface area contributed by atoms with Gasteiger partial charge in [-0.3, -0.25) is 14.6 Å². The van der Waals surface area contributed by atoms with Crippen molar-refractivity contribution in [1.29, 1.82) is 0 Å². The Hall–Kier alpha value is -2.63. The van der Waals surface area contributed by atoms with Gasteiger partial charge >= 0.3 is 0 Å². The van der Waals surface area contributed by atoms with Crippen LogP contribution in [0.1, 0.15) is 17.4 Å². The summed E-state index contributed by atoms with van der Waals surface area (Å²) in [6.07, 6.45) is 1.59. The third-order valence-corrected chi connectivity index (χ3v) is 4.74. The second-order valence-corrected chi connectivity index (χ2v) is 6.66. The highest BCUT2D eigenvalue weighted by molar-refractivity contribution is 6.39. The summed E-state index contributed by atoms with van der Waals surface area (Å²) in [5, 5.41) is 5.00. The third-order valence-electron chi connectivity index (χ3n) is 4.11. The predicted octanol–water partition coefficient (Wildman–Crippen LogP) is 4.64. The number of nitrogens with zero attached hydrogens (tertiary/aromatic N) is 2. The Balaban J connectivity index is 1.80. The van der Waals surface area contributed by atoms with Gasteiger partial charge in [-0.05, 0) is 30.5 Å². The molecule has 0 unspecified atom stereocenters. The standard InChI is InChI=1S/C20H17Cl2N3O2/c1-2-25(12-17(26)24-19-15(21)8-5-9-16(19)22)20(27)18-14-7-4-3-6-13(14)10-11-23-18/h3-11H,2,12H2,1H3,(H,24,26). The molecule has 0 bridgehead atoms. The number of carbonyl (C=O) groups excluding carboxylic acids is 2. The van der Waals surface area contributed by atoms with Crippen LogP contribution in [-0.4, -0.2) is 34.8 Å². The van der Waals surface area contributed by atoms with Crippen LogP contribution in [0.5, 0.6) is 0 Å². The van der Waals surface area contributed by atoms with Crippen molar-refractivity contribution in [1.82, 2.24) is 9.88 Å². The molecule has 0 fully saturated rings. The van der Waals surface area contributed by atoms with Crippen LogP contribution in [0.25, 0.3) is 10.8 Å². The molecule has 1 heterocycles. The quantitative estimate of drug-likeness (QED) is 0.676. The number of aromatic nitrogens is 1. The van der Waals surface area contributed by atoms with E-state index >= 15 is 0 Å². The van der Waals surface area contributed by atoms with Crippen LogP contribution in [0, 0.1) is 0 Å². The van der Waals surface area contributed by atoms with Gasteiger partial charge in [0.25, 0.3) is 5.91 Å². The molecule has 0 spiro atoms. The number of likely N-dealkylation sites (N-methyl/N-ethyl adjacent to an activating group) is 1. The van der Waals surface area contributed by atoms with Crippen molar-refractivity contribution < 1.29 is 9.59 Å². The smallest absolute Gasteiger partial charge is 0.273 e. The first-order valence-electron chi connectivity index (χ1n) is 8.38. The lowest BCUT2D eigenvalue weighted by molar-refractivity contribution is -0.116. The largest absolute Gasteiger partial charge is 0.328 e. The lowest BCUT2D eigenvalue weighted by Gasteiger charge is -2.21. The Morgan fingerprint density at radius 3 is 2.44 bits per heavy atom. The molecule has 1 aromatic heterocycles. The fourth-order valence-electron chi connectivity index (χ4n) is 2.74. The van der Waals surface area contributed by atoms with Gasteiger partial charge in [-0.25, -0.2) is 0 Å². The van der Waals surface area contributed by atoms with Crippen molar-refractivity contribution >= 4 is 51.5 Å². The minimum Gasteiger partial charge on any atom is -0.328 e. The van der Waals surface area contributed by atoms with E-state index in [1.165, 1.54) is 4.90 Å². The summed E-state index contributed by atoms with van der Waals surface area (Å²) in [4.78, 5) is 31.0. The van der Waals surface area contributed by atoms with Crippen molar-refractivity contribution in [2.24, 2.45) is 0 Å². The van der Waals surface area contributed by atoms with E-state index in [9.17, 15) is 9.59 Å². The van der Waals surface area contributed by atoms with Crippen molar-refractivity contribution in [2.45, 2.75) is 6.92 Å². The Morgan fingerprint density at radius 2 is 1.74 bits per heavy atom. The number of benzene rings is 2. The molecule has 3 rings (SSSR count). The van der Waals surface area contributed by atoms with E-state index in [1.54, 1.807) is 31.3 Å². The van der Waals surface area contributed by atoms with Crippen LogP contribution in [0.3, 0.4) is 0 Å². The van der Waals surface area contributed by atoms with Gasteiger partial charge in [-0.1, -0.05) is 53.5 Å². The minimum atomic E-state index is -0.388. The molecule has 5 nitrogen and oxygen atoms in total. The molecular formula is C20H17Cl2N3O2. The molecule has 138 valence electrons. The van der Waals surface area contributed by atoms with E-state index in [4.69, 9.17) is 23.2 Å². The molecule has 0 aliphatic heterocycles. The number of anilines is 1. The summed E-state index contributed by atoms with van der Waals surface area (Å²) in [6, 6.07) is 14.3. The lowest BCUT2D eigenvalue weighted by Crippen LogP contribution is -2.38. The summed E-state index contributed by atoms with van der Waals surface area (Å²) >= 11 is 12.2. The van der Waals surface area contributed by atoms with Crippen molar-refractivity contribution in [3.8, 4) is 0 Å². The first-order chi connectivity index (χ1) is 13.0. The highest BCUT2D eigenvalue weighted by atomic mass is 35.5. The summed E-state index contributed by atoms with van der Waals surface area (Å²) in [7, 11) is 0. The second-order valence-electron chi connectivity index (χ2n) is 5.84. The second kappa shape index (κ2) is 8.37. The van der Waals surface area contributed by atoms with E-state index in [0.29, 0.717) is 28.0 Å². The highest BCUT2D eigenvalue weighted by Gasteiger charge is 2.21. The number of hydrogen-bond acceptors (Lipinski definition) is 3. The topological polar surface area (TPSA) is 62.3 Å². The number of rotatable bonds is 5. The maximum atomic E-state index is 12.9. The molecule has 0 saturated carbocycles. The normalized spacial score (nSPS) is 10.6. The number of pyridine rings is 1. The molecule has 2 aromatic carbocycles.